The van der Waals surface area contributed by atoms with E-state index < -0.39 is 11.7 Å². The fourth-order valence-corrected chi connectivity index (χ4v) is 4.53. The van der Waals surface area contributed by atoms with Crippen molar-refractivity contribution in [3.8, 4) is 0 Å². The Hall–Kier alpha value is -2.62. The third-order valence-corrected chi connectivity index (χ3v) is 6.17. The molecule has 1 fully saturated rings. The van der Waals surface area contributed by atoms with Gasteiger partial charge in [-0.15, -0.1) is 11.3 Å². The van der Waals surface area contributed by atoms with Gasteiger partial charge in [0.2, 0.25) is 5.91 Å². The summed E-state index contributed by atoms with van der Waals surface area (Å²) >= 11 is 1.26. The minimum atomic E-state index is -4.39. The monoisotopic (exact) mass is 454 g/mol. The number of aromatic nitrogens is 1. The smallest absolute Gasteiger partial charge is 0.338 e. The highest BCUT2D eigenvalue weighted by Gasteiger charge is 2.31. The van der Waals surface area contributed by atoms with Crippen LogP contribution >= 0.6 is 11.3 Å². The van der Waals surface area contributed by atoms with Crippen molar-refractivity contribution in [2.24, 2.45) is 5.92 Å². The molecule has 0 spiro atoms. The second-order valence-corrected chi connectivity index (χ2v) is 8.59. The number of urea groups is 1. The molecule has 0 bridgehead atoms. The third-order valence-electron chi connectivity index (χ3n) is 5.09. The maximum absolute atomic E-state index is 12.9. The van der Waals surface area contributed by atoms with Crippen LogP contribution in [-0.2, 0) is 17.4 Å². The van der Waals surface area contributed by atoms with Gasteiger partial charge in [-0.1, -0.05) is 18.2 Å². The van der Waals surface area contributed by atoms with Crippen LogP contribution in [0.1, 0.15) is 41.6 Å². The summed E-state index contributed by atoms with van der Waals surface area (Å²) in [5, 5.41) is 6.85. The summed E-state index contributed by atoms with van der Waals surface area (Å²) in [7, 11) is 0. The van der Waals surface area contributed by atoms with Gasteiger partial charge in [0.25, 0.3) is 0 Å². The largest absolute Gasteiger partial charge is 0.416 e. The molecule has 1 aromatic heterocycles. The van der Waals surface area contributed by atoms with Crippen molar-refractivity contribution in [1.82, 2.24) is 15.2 Å². The lowest BCUT2D eigenvalue weighted by molar-refractivity contribution is -0.137. The number of nitrogens with one attached hydrogen (secondary N) is 2. The van der Waals surface area contributed by atoms with Crippen LogP contribution in [0.4, 0.5) is 23.0 Å². The topological polar surface area (TPSA) is 74.3 Å². The van der Waals surface area contributed by atoms with Crippen molar-refractivity contribution < 1.29 is 22.8 Å². The first kappa shape index (κ1) is 23.1. The van der Waals surface area contributed by atoms with Gasteiger partial charge in [-0.3, -0.25) is 4.79 Å². The van der Waals surface area contributed by atoms with Crippen molar-refractivity contribution in [2.75, 3.05) is 25.0 Å². The van der Waals surface area contributed by atoms with E-state index in [0.717, 1.165) is 18.6 Å². The number of thiazole rings is 1. The Balaban J connectivity index is 1.65. The Morgan fingerprint density at radius 1 is 1.32 bits per heavy atom. The van der Waals surface area contributed by atoms with Crippen LogP contribution in [0.15, 0.2) is 24.3 Å². The first-order valence-corrected chi connectivity index (χ1v) is 10.9. The minimum Gasteiger partial charge on any atom is -0.338 e. The summed E-state index contributed by atoms with van der Waals surface area (Å²) in [4.78, 5) is 30.9. The molecule has 1 unspecified atom stereocenters. The van der Waals surface area contributed by atoms with Gasteiger partial charge in [-0.2, -0.15) is 13.2 Å². The molecule has 31 heavy (non-hydrogen) atoms. The molecule has 2 N–H and O–H groups in total. The van der Waals surface area contributed by atoms with Crippen LogP contribution in [0.5, 0.6) is 0 Å². The van der Waals surface area contributed by atoms with E-state index in [2.05, 4.69) is 15.6 Å². The predicted molar refractivity (Wildman–Crippen MR) is 113 cm³/mol. The number of halogens is 3. The number of hydrogen-bond donors (Lipinski definition) is 2. The zero-order chi connectivity index (χ0) is 22.6. The molecule has 1 aliphatic heterocycles. The minimum absolute atomic E-state index is 0.169. The zero-order valence-corrected chi connectivity index (χ0v) is 18.2. The maximum Gasteiger partial charge on any atom is 0.416 e. The number of carbonyl (C=O) groups excluding carboxylic acids is 2. The molecule has 168 valence electrons. The van der Waals surface area contributed by atoms with Gasteiger partial charge in [0.05, 0.1) is 22.2 Å². The van der Waals surface area contributed by atoms with E-state index in [0.29, 0.717) is 47.3 Å². The SMILES string of the molecule is CCNC(=O)N1CCCC(C(=O)Nc2sc(Cc3cccc(C(F)(F)F)c3)nc2C)C1. The van der Waals surface area contributed by atoms with E-state index >= 15 is 0 Å². The lowest BCUT2D eigenvalue weighted by Gasteiger charge is -2.31. The number of anilines is 1. The van der Waals surface area contributed by atoms with Crippen LogP contribution in [0.2, 0.25) is 0 Å². The maximum atomic E-state index is 12.9. The summed E-state index contributed by atoms with van der Waals surface area (Å²) < 4.78 is 38.8. The summed E-state index contributed by atoms with van der Waals surface area (Å²) in [5.41, 5.74) is 0.434. The van der Waals surface area contributed by atoms with Crippen molar-refractivity contribution in [3.05, 3.63) is 46.1 Å². The highest BCUT2D eigenvalue weighted by atomic mass is 32.1. The quantitative estimate of drug-likeness (QED) is 0.702. The molecule has 3 amide bonds. The summed E-state index contributed by atoms with van der Waals surface area (Å²) in [6.45, 7) is 5.10. The molecule has 1 saturated heterocycles. The van der Waals surface area contributed by atoms with Crippen molar-refractivity contribution in [2.45, 2.75) is 39.3 Å². The number of amides is 3. The molecular formula is C21H25F3N4O2S. The van der Waals surface area contributed by atoms with Crippen LogP contribution in [0.3, 0.4) is 0 Å². The molecule has 6 nitrogen and oxygen atoms in total. The van der Waals surface area contributed by atoms with Gasteiger partial charge in [-0.05, 0) is 38.3 Å². The summed E-state index contributed by atoms with van der Waals surface area (Å²) in [6, 6.07) is 4.99. The molecule has 2 aromatic rings. The first-order valence-electron chi connectivity index (χ1n) is 10.1. The molecule has 0 saturated carbocycles. The number of benzene rings is 1. The first-order chi connectivity index (χ1) is 14.7. The molecule has 1 atom stereocenters. The van der Waals surface area contributed by atoms with Crippen LogP contribution in [0, 0.1) is 12.8 Å². The zero-order valence-electron chi connectivity index (χ0n) is 17.4. The van der Waals surface area contributed by atoms with E-state index in [9.17, 15) is 22.8 Å². The predicted octanol–water partition coefficient (Wildman–Crippen LogP) is 4.44. The number of hydrogen-bond acceptors (Lipinski definition) is 4. The molecule has 0 aliphatic carbocycles. The normalized spacial score (nSPS) is 16.8. The summed E-state index contributed by atoms with van der Waals surface area (Å²) in [5.74, 6) is -0.490. The lowest BCUT2D eigenvalue weighted by atomic mass is 9.97. The van der Waals surface area contributed by atoms with E-state index in [1.165, 1.54) is 17.4 Å². The number of nitrogens with zero attached hydrogens (tertiary/aromatic N) is 2. The second-order valence-electron chi connectivity index (χ2n) is 7.51. The second kappa shape index (κ2) is 9.67. The van der Waals surface area contributed by atoms with Crippen LogP contribution < -0.4 is 10.6 Å². The fraction of sp³-hybridized carbons (Fsp3) is 0.476. The van der Waals surface area contributed by atoms with E-state index in [4.69, 9.17) is 0 Å². The van der Waals surface area contributed by atoms with Gasteiger partial charge < -0.3 is 15.5 Å². The van der Waals surface area contributed by atoms with E-state index in [-0.39, 0.29) is 24.3 Å². The highest BCUT2D eigenvalue weighted by molar-refractivity contribution is 7.16. The van der Waals surface area contributed by atoms with E-state index in [1.807, 2.05) is 6.92 Å². The molecule has 3 rings (SSSR count). The van der Waals surface area contributed by atoms with Gasteiger partial charge in [0, 0.05) is 26.1 Å². The van der Waals surface area contributed by atoms with Gasteiger partial charge in [0.15, 0.2) is 0 Å². The molecule has 2 heterocycles. The Morgan fingerprint density at radius 2 is 2.10 bits per heavy atom. The number of aryl methyl sites for hydroxylation is 1. The van der Waals surface area contributed by atoms with Crippen molar-refractivity contribution >= 4 is 28.3 Å². The Bertz CT molecular complexity index is 945. The number of likely N-dealkylation sites (tertiary alicyclic amines) is 1. The standard InChI is InChI=1S/C21H25F3N4O2S/c1-3-25-20(30)28-9-5-7-15(12-28)18(29)27-19-13(2)26-17(31-19)11-14-6-4-8-16(10-14)21(22,23)24/h4,6,8,10,15H,3,5,7,9,11-12H2,1-2H3,(H,25,30)(H,27,29). The Labute approximate surface area is 182 Å². The van der Waals surface area contributed by atoms with Gasteiger partial charge in [0.1, 0.15) is 5.00 Å². The van der Waals surface area contributed by atoms with Gasteiger partial charge >= 0.3 is 12.2 Å². The Kier molecular flexibility index (Phi) is 7.19. The number of rotatable bonds is 5. The average Bonchev–Trinajstić information content (AvgIpc) is 3.06. The lowest BCUT2D eigenvalue weighted by Crippen LogP contribution is -2.47. The van der Waals surface area contributed by atoms with Crippen LogP contribution in [-0.4, -0.2) is 41.5 Å². The molecule has 0 radical (unpaired) electrons. The number of piperidine rings is 1. The van der Waals surface area contributed by atoms with Crippen molar-refractivity contribution in [1.29, 1.82) is 0 Å². The number of carbonyl (C=O) groups is 2. The average molecular weight is 455 g/mol. The molecule has 10 heteroatoms. The van der Waals surface area contributed by atoms with E-state index in [1.54, 1.807) is 17.9 Å². The number of alkyl halides is 3. The van der Waals surface area contributed by atoms with Gasteiger partial charge in [-0.25, -0.2) is 9.78 Å². The molecule has 1 aromatic carbocycles. The van der Waals surface area contributed by atoms with Crippen LogP contribution in [0.25, 0.3) is 0 Å². The molecular weight excluding hydrogens is 429 g/mol. The third kappa shape index (κ3) is 5.96. The fourth-order valence-electron chi connectivity index (χ4n) is 3.53. The van der Waals surface area contributed by atoms with Crippen molar-refractivity contribution in [3.63, 3.8) is 0 Å². The highest BCUT2D eigenvalue weighted by Crippen LogP contribution is 2.31. The molecule has 1 aliphatic rings. The Morgan fingerprint density at radius 3 is 2.81 bits per heavy atom. The summed E-state index contributed by atoms with van der Waals surface area (Å²) in [6.07, 6.45) is -2.70.